The number of aliphatic hydroxyl groups is 1. The van der Waals surface area contributed by atoms with Crippen molar-refractivity contribution in [2.45, 2.75) is 19.0 Å². The van der Waals surface area contributed by atoms with Crippen molar-refractivity contribution in [2.24, 2.45) is 0 Å². The van der Waals surface area contributed by atoms with Crippen molar-refractivity contribution in [1.82, 2.24) is 9.88 Å². The second-order valence-corrected chi connectivity index (χ2v) is 4.03. The van der Waals surface area contributed by atoms with Gasteiger partial charge in [-0.3, -0.25) is 14.7 Å². The van der Waals surface area contributed by atoms with Crippen molar-refractivity contribution in [3.63, 3.8) is 0 Å². The summed E-state index contributed by atoms with van der Waals surface area (Å²) in [4.78, 5) is 17.5. The van der Waals surface area contributed by atoms with Crippen LogP contribution < -0.4 is 0 Å². The normalized spacial score (nSPS) is 19.6. The van der Waals surface area contributed by atoms with E-state index < -0.39 is 0 Å². The third-order valence-corrected chi connectivity index (χ3v) is 2.84. The Labute approximate surface area is 100 Å². The quantitative estimate of drug-likeness (QED) is 0.739. The summed E-state index contributed by atoms with van der Waals surface area (Å²) < 4.78 is 4.95. The highest BCUT2D eigenvalue weighted by Gasteiger charge is 2.31. The summed E-state index contributed by atoms with van der Waals surface area (Å²) in [5.41, 5.74) is 1.03. The molecule has 2 rings (SSSR count). The number of hydrogen-bond donors (Lipinski definition) is 1. The molecule has 5 heteroatoms. The summed E-state index contributed by atoms with van der Waals surface area (Å²) in [6.45, 7) is 1.57. The maximum absolute atomic E-state index is 11.5. The molecule has 0 aromatic carbocycles. The molecule has 17 heavy (non-hydrogen) atoms. The Morgan fingerprint density at radius 2 is 2.47 bits per heavy atom. The molecule has 0 radical (unpaired) electrons. The Kier molecular flexibility index (Phi) is 4.06. The van der Waals surface area contributed by atoms with Gasteiger partial charge in [0, 0.05) is 31.9 Å². The lowest BCUT2D eigenvalue weighted by Crippen LogP contribution is -2.39. The number of carbonyl (C=O) groups is 1. The van der Waals surface area contributed by atoms with Crippen molar-refractivity contribution < 1.29 is 14.6 Å². The fraction of sp³-hybridized carbons (Fsp3) is 0.500. The minimum absolute atomic E-state index is 0.0318. The van der Waals surface area contributed by atoms with E-state index in [1.165, 1.54) is 0 Å². The fourth-order valence-corrected chi connectivity index (χ4v) is 2.02. The molecule has 1 fully saturated rings. The predicted octanol–water partition coefficient (Wildman–Crippen LogP) is 0.191. The molecule has 2 heterocycles. The molecule has 5 nitrogen and oxygen atoms in total. The highest BCUT2D eigenvalue weighted by molar-refractivity contribution is 5.77. The Bertz CT molecular complexity index is 369. The van der Waals surface area contributed by atoms with Gasteiger partial charge in [-0.25, -0.2) is 0 Å². The van der Waals surface area contributed by atoms with Crippen LogP contribution in [-0.4, -0.2) is 46.8 Å². The largest absolute Gasteiger partial charge is 0.464 e. The first-order chi connectivity index (χ1) is 8.31. The third kappa shape index (κ3) is 3.01. The average Bonchev–Trinajstić information content (AvgIpc) is 2.76. The molecule has 0 spiro atoms. The zero-order valence-corrected chi connectivity index (χ0v) is 9.58. The van der Waals surface area contributed by atoms with Gasteiger partial charge in [-0.05, 0) is 11.6 Å². The second kappa shape index (κ2) is 5.75. The molecule has 1 saturated heterocycles. The van der Waals surface area contributed by atoms with E-state index in [4.69, 9.17) is 9.84 Å². The molecular formula is C12H16N2O3. The van der Waals surface area contributed by atoms with E-state index in [0.717, 1.165) is 5.56 Å². The zero-order valence-electron chi connectivity index (χ0n) is 9.58. The average molecular weight is 236 g/mol. The van der Waals surface area contributed by atoms with Gasteiger partial charge in [-0.2, -0.15) is 0 Å². The van der Waals surface area contributed by atoms with Gasteiger partial charge in [-0.15, -0.1) is 0 Å². The zero-order chi connectivity index (χ0) is 12.1. The van der Waals surface area contributed by atoms with Crippen molar-refractivity contribution in [1.29, 1.82) is 0 Å². The maximum Gasteiger partial charge on any atom is 0.323 e. The summed E-state index contributed by atoms with van der Waals surface area (Å²) in [6, 6.07) is 3.58. The first-order valence-corrected chi connectivity index (χ1v) is 5.71. The van der Waals surface area contributed by atoms with Crippen molar-refractivity contribution in [3.8, 4) is 0 Å². The summed E-state index contributed by atoms with van der Waals surface area (Å²) >= 11 is 0. The topological polar surface area (TPSA) is 62.7 Å². The van der Waals surface area contributed by atoms with Gasteiger partial charge in [0.25, 0.3) is 0 Å². The first kappa shape index (κ1) is 12.0. The van der Waals surface area contributed by atoms with Crippen LogP contribution >= 0.6 is 0 Å². The lowest BCUT2D eigenvalue weighted by atomic mass is 10.1. The second-order valence-electron chi connectivity index (χ2n) is 4.03. The lowest BCUT2D eigenvalue weighted by Gasteiger charge is -2.25. The minimum Gasteiger partial charge on any atom is -0.464 e. The van der Waals surface area contributed by atoms with Crippen LogP contribution in [0.15, 0.2) is 24.5 Å². The van der Waals surface area contributed by atoms with E-state index in [1.807, 2.05) is 17.0 Å². The molecular weight excluding hydrogens is 220 g/mol. The molecule has 92 valence electrons. The Hall–Kier alpha value is -1.46. The minimum atomic E-state index is -0.234. The van der Waals surface area contributed by atoms with Crippen LogP contribution in [0.25, 0.3) is 0 Å². The van der Waals surface area contributed by atoms with Gasteiger partial charge < -0.3 is 9.84 Å². The molecule has 1 aromatic rings. The summed E-state index contributed by atoms with van der Waals surface area (Å²) in [5, 5.41) is 9.05. The number of carbonyl (C=O) groups excluding carboxylic acids is 1. The highest BCUT2D eigenvalue weighted by Crippen LogP contribution is 2.16. The van der Waals surface area contributed by atoms with E-state index in [1.54, 1.807) is 12.4 Å². The van der Waals surface area contributed by atoms with Crippen LogP contribution in [0.5, 0.6) is 0 Å². The molecule has 0 aliphatic carbocycles. The molecule has 1 aliphatic heterocycles. The van der Waals surface area contributed by atoms with Gasteiger partial charge in [0.05, 0.1) is 13.2 Å². The Balaban J connectivity index is 2.04. The van der Waals surface area contributed by atoms with Crippen LogP contribution in [-0.2, 0) is 16.1 Å². The highest BCUT2D eigenvalue weighted by atomic mass is 16.5. The van der Waals surface area contributed by atoms with Crippen LogP contribution in [0, 0.1) is 0 Å². The van der Waals surface area contributed by atoms with E-state index in [2.05, 4.69) is 4.98 Å². The lowest BCUT2D eigenvalue weighted by molar-refractivity contribution is -0.142. The predicted molar refractivity (Wildman–Crippen MR) is 61.1 cm³/mol. The van der Waals surface area contributed by atoms with Crippen LogP contribution in [0.2, 0.25) is 0 Å². The monoisotopic (exact) mass is 236 g/mol. The van der Waals surface area contributed by atoms with Crippen LogP contribution in [0.3, 0.4) is 0 Å². The molecule has 1 atom stereocenters. The standard InChI is InChI=1S/C12H16N2O3/c15-6-5-14(11-3-7-17-12(11)16)9-10-2-1-4-13-8-10/h1-2,4,8,11,15H,3,5-7,9H2. The van der Waals surface area contributed by atoms with Gasteiger partial charge in [0.15, 0.2) is 0 Å². The van der Waals surface area contributed by atoms with Gasteiger partial charge in [0.2, 0.25) is 0 Å². The fourth-order valence-electron chi connectivity index (χ4n) is 2.02. The number of ether oxygens (including phenoxy) is 1. The van der Waals surface area contributed by atoms with Gasteiger partial charge in [-0.1, -0.05) is 6.07 Å². The molecule has 1 unspecified atom stereocenters. The van der Waals surface area contributed by atoms with E-state index in [9.17, 15) is 4.79 Å². The molecule has 1 N–H and O–H groups in total. The third-order valence-electron chi connectivity index (χ3n) is 2.84. The van der Waals surface area contributed by atoms with Crippen molar-refractivity contribution >= 4 is 5.97 Å². The number of rotatable bonds is 5. The maximum atomic E-state index is 11.5. The molecule has 0 bridgehead atoms. The summed E-state index contributed by atoms with van der Waals surface area (Å²) in [7, 11) is 0. The van der Waals surface area contributed by atoms with Crippen molar-refractivity contribution in [3.05, 3.63) is 30.1 Å². The number of aromatic nitrogens is 1. The summed E-state index contributed by atoms with van der Waals surface area (Å²) in [6.07, 6.45) is 4.17. The number of aliphatic hydroxyl groups excluding tert-OH is 1. The Morgan fingerprint density at radius 1 is 1.59 bits per heavy atom. The molecule has 0 amide bonds. The van der Waals surface area contributed by atoms with Gasteiger partial charge >= 0.3 is 5.97 Å². The van der Waals surface area contributed by atoms with Crippen LogP contribution in [0.4, 0.5) is 0 Å². The number of pyridine rings is 1. The van der Waals surface area contributed by atoms with Crippen molar-refractivity contribution in [2.75, 3.05) is 19.8 Å². The summed E-state index contributed by atoms with van der Waals surface area (Å²) in [5.74, 6) is -0.192. The number of hydrogen-bond acceptors (Lipinski definition) is 5. The SMILES string of the molecule is O=C1OCCC1N(CCO)Cc1cccnc1. The number of nitrogens with zero attached hydrogens (tertiary/aromatic N) is 2. The van der Waals surface area contributed by atoms with E-state index in [-0.39, 0.29) is 18.6 Å². The number of cyclic esters (lactones) is 1. The molecule has 1 aliphatic rings. The van der Waals surface area contributed by atoms with Gasteiger partial charge in [0.1, 0.15) is 6.04 Å². The first-order valence-electron chi connectivity index (χ1n) is 5.71. The molecule has 1 aromatic heterocycles. The molecule has 0 saturated carbocycles. The van der Waals surface area contributed by atoms with E-state index >= 15 is 0 Å². The van der Waals surface area contributed by atoms with E-state index in [0.29, 0.717) is 26.1 Å². The Morgan fingerprint density at radius 3 is 3.06 bits per heavy atom. The van der Waals surface area contributed by atoms with Crippen LogP contribution in [0.1, 0.15) is 12.0 Å². The smallest absolute Gasteiger partial charge is 0.323 e. The number of esters is 1.